The molecule has 8 nitrogen and oxygen atoms in total. The maximum Gasteiger partial charge on any atom is 0.332 e. The molecule has 0 bridgehead atoms. The molecular weight excluding hydrogens is 346 g/mol. The highest BCUT2D eigenvalue weighted by atomic mass is 16.5. The van der Waals surface area contributed by atoms with Crippen molar-refractivity contribution in [1.82, 2.24) is 18.7 Å². The number of allylic oxidation sites excluding steroid dienone is 1. The lowest BCUT2D eigenvalue weighted by Crippen LogP contribution is -2.39. The van der Waals surface area contributed by atoms with Gasteiger partial charge in [0.25, 0.3) is 5.56 Å². The molecule has 1 aromatic carbocycles. The number of hydrogen-bond acceptors (Lipinski definition) is 5. The Morgan fingerprint density at radius 1 is 1.30 bits per heavy atom. The van der Waals surface area contributed by atoms with E-state index in [0.29, 0.717) is 30.2 Å². The Labute approximate surface area is 155 Å². The molecule has 0 unspecified atom stereocenters. The van der Waals surface area contributed by atoms with E-state index in [4.69, 9.17) is 4.74 Å². The minimum absolute atomic E-state index is 0.196. The van der Waals surface area contributed by atoms with Gasteiger partial charge in [0.15, 0.2) is 11.2 Å². The molecule has 4 rings (SSSR count). The second kappa shape index (κ2) is 6.15. The topological polar surface area (TPSA) is 74.3 Å². The zero-order valence-electron chi connectivity index (χ0n) is 15.6. The highest BCUT2D eigenvalue weighted by Crippen LogP contribution is 2.33. The minimum Gasteiger partial charge on any atom is -0.497 e. The van der Waals surface area contributed by atoms with Crippen molar-refractivity contribution in [1.29, 1.82) is 0 Å². The van der Waals surface area contributed by atoms with Crippen molar-refractivity contribution in [3.05, 3.63) is 57.3 Å². The van der Waals surface area contributed by atoms with Crippen LogP contribution in [0.25, 0.3) is 11.2 Å². The van der Waals surface area contributed by atoms with Gasteiger partial charge >= 0.3 is 5.69 Å². The third-order valence-corrected chi connectivity index (χ3v) is 4.79. The van der Waals surface area contributed by atoms with E-state index < -0.39 is 0 Å². The number of methoxy groups -OCH3 is 1. The van der Waals surface area contributed by atoms with Crippen molar-refractivity contribution >= 4 is 22.8 Å². The number of aromatic nitrogens is 4. The van der Waals surface area contributed by atoms with Gasteiger partial charge in [0.1, 0.15) is 5.75 Å². The number of ether oxygens (including phenoxy) is 1. The number of anilines is 2. The summed E-state index contributed by atoms with van der Waals surface area (Å²) in [5, 5.41) is 0. The average Bonchev–Trinajstić information content (AvgIpc) is 3.22. The summed E-state index contributed by atoms with van der Waals surface area (Å²) in [6.45, 7) is 7.11. The number of aryl methyl sites for hydroxylation is 1. The van der Waals surface area contributed by atoms with Crippen LogP contribution in [0, 0.1) is 0 Å². The summed E-state index contributed by atoms with van der Waals surface area (Å²) in [5.41, 5.74) is 1.79. The monoisotopic (exact) mass is 367 g/mol. The Kier molecular flexibility index (Phi) is 3.91. The van der Waals surface area contributed by atoms with Gasteiger partial charge in [0.2, 0.25) is 5.95 Å². The van der Waals surface area contributed by atoms with Crippen LogP contribution < -0.4 is 20.9 Å². The Morgan fingerprint density at radius 2 is 2.07 bits per heavy atom. The lowest BCUT2D eigenvalue weighted by Gasteiger charge is -2.16. The summed E-state index contributed by atoms with van der Waals surface area (Å²) in [6.07, 6.45) is 0. The molecule has 3 aromatic rings. The molecule has 0 N–H and O–H groups in total. The lowest BCUT2D eigenvalue weighted by molar-refractivity contribution is 0.415. The Morgan fingerprint density at radius 3 is 2.78 bits per heavy atom. The van der Waals surface area contributed by atoms with Crippen LogP contribution in [0.1, 0.15) is 6.92 Å². The Balaban J connectivity index is 1.93. The van der Waals surface area contributed by atoms with Crippen molar-refractivity contribution in [2.45, 2.75) is 20.0 Å². The van der Waals surface area contributed by atoms with Gasteiger partial charge in [-0.1, -0.05) is 18.2 Å². The summed E-state index contributed by atoms with van der Waals surface area (Å²) in [4.78, 5) is 32.3. The minimum atomic E-state index is -0.389. The van der Waals surface area contributed by atoms with Crippen LogP contribution in [0.2, 0.25) is 0 Å². The molecule has 0 fully saturated rings. The van der Waals surface area contributed by atoms with E-state index in [1.807, 2.05) is 33.7 Å². The first-order valence-corrected chi connectivity index (χ1v) is 8.68. The van der Waals surface area contributed by atoms with Crippen LogP contribution in [-0.2, 0) is 20.1 Å². The van der Waals surface area contributed by atoms with Crippen LogP contribution in [0.4, 0.5) is 11.6 Å². The van der Waals surface area contributed by atoms with Crippen LogP contribution >= 0.6 is 0 Å². The highest BCUT2D eigenvalue weighted by molar-refractivity contribution is 5.78. The molecule has 8 heteroatoms. The van der Waals surface area contributed by atoms with E-state index in [2.05, 4.69) is 11.6 Å². The zero-order valence-corrected chi connectivity index (χ0v) is 15.6. The number of imidazole rings is 1. The van der Waals surface area contributed by atoms with Gasteiger partial charge < -0.3 is 14.2 Å². The molecule has 1 aliphatic rings. The fourth-order valence-corrected chi connectivity index (χ4v) is 3.51. The number of fused-ring (bicyclic) bond motifs is 3. The fourth-order valence-electron chi connectivity index (χ4n) is 3.51. The first kappa shape index (κ1) is 17.1. The van der Waals surface area contributed by atoms with Gasteiger partial charge in [-0.15, -0.1) is 0 Å². The number of rotatable bonds is 4. The van der Waals surface area contributed by atoms with E-state index in [-0.39, 0.29) is 17.8 Å². The molecule has 0 radical (unpaired) electrons. The highest BCUT2D eigenvalue weighted by Gasteiger charge is 2.28. The zero-order chi connectivity index (χ0) is 19.3. The smallest absolute Gasteiger partial charge is 0.332 e. The number of nitrogens with zero attached hydrogens (tertiary/aromatic N) is 5. The Hall–Kier alpha value is -3.29. The van der Waals surface area contributed by atoms with Gasteiger partial charge in [-0.25, -0.2) is 4.79 Å². The average molecular weight is 367 g/mol. The van der Waals surface area contributed by atoms with Crippen molar-refractivity contribution in [3.63, 3.8) is 0 Å². The molecule has 1 aliphatic heterocycles. The Bertz CT molecular complexity index is 1180. The van der Waals surface area contributed by atoms with E-state index in [1.165, 1.54) is 9.13 Å². The van der Waals surface area contributed by atoms with Gasteiger partial charge in [0, 0.05) is 31.9 Å². The molecule has 0 saturated heterocycles. The summed E-state index contributed by atoms with van der Waals surface area (Å²) >= 11 is 0. The first-order valence-electron chi connectivity index (χ1n) is 8.68. The van der Waals surface area contributed by atoms with Gasteiger partial charge in [-0.05, 0) is 19.1 Å². The largest absolute Gasteiger partial charge is 0.497 e. The standard InChI is InChI=1S/C19H21N5O3/c1-12(2)11-24-17(25)15-16(21(3)19(24)26)20-18-22(8-9-23(15)18)13-6-5-7-14(10-13)27-4/h5-7,10H,1,8-9,11H2,2-4H3. The molecular formula is C19H21N5O3. The van der Waals surface area contributed by atoms with Crippen LogP contribution in [-0.4, -0.2) is 32.3 Å². The second-order valence-corrected chi connectivity index (χ2v) is 6.78. The van der Waals surface area contributed by atoms with Crippen LogP contribution in [0.5, 0.6) is 5.75 Å². The third kappa shape index (κ3) is 2.56. The summed E-state index contributed by atoms with van der Waals surface area (Å²) in [5.74, 6) is 1.40. The summed E-state index contributed by atoms with van der Waals surface area (Å²) in [7, 11) is 3.26. The van der Waals surface area contributed by atoms with Crippen molar-refractivity contribution in [2.24, 2.45) is 7.05 Å². The van der Waals surface area contributed by atoms with Crippen molar-refractivity contribution in [3.8, 4) is 5.75 Å². The fraction of sp³-hybridized carbons (Fsp3) is 0.316. The van der Waals surface area contributed by atoms with Crippen molar-refractivity contribution in [2.75, 3.05) is 18.6 Å². The third-order valence-electron chi connectivity index (χ3n) is 4.79. The number of benzene rings is 1. The van der Waals surface area contributed by atoms with Gasteiger partial charge in [0.05, 0.1) is 13.7 Å². The van der Waals surface area contributed by atoms with E-state index in [9.17, 15) is 9.59 Å². The summed E-state index contributed by atoms with van der Waals surface area (Å²) in [6, 6.07) is 7.68. The first-order chi connectivity index (χ1) is 12.9. The molecule has 0 saturated carbocycles. The molecule has 0 amide bonds. The molecule has 0 aliphatic carbocycles. The predicted octanol–water partition coefficient (Wildman–Crippen LogP) is 1.63. The van der Waals surface area contributed by atoms with E-state index >= 15 is 0 Å². The SMILES string of the molecule is C=C(C)Cn1c(=O)c2c(nc3n2CCN3c2cccc(OC)c2)n(C)c1=O. The predicted molar refractivity (Wildman–Crippen MR) is 104 cm³/mol. The van der Waals surface area contributed by atoms with Crippen LogP contribution in [0.3, 0.4) is 0 Å². The maximum absolute atomic E-state index is 13.0. The van der Waals surface area contributed by atoms with Gasteiger partial charge in [-0.3, -0.25) is 13.9 Å². The molecule has 3 heterocycles. The second-order valence-electron chi connectivity index (χ2n) is 6.78. The quantitative estimate of drug-likeness (QED) is 0.656. The number of hydrogen-bond donors (Lipinski definition) is 0. The maximum atomic E-state index is 13.0. The molecule has 2 aromatic heterocycles. The molecule has 0 spiro atoms. The van der Waals surface area contributed by atoms with Crippen molar-refractivity contribution < 1.29 is 4.74 Å². The van der Waals surface area contributed by atoms with E-state index in [0.717, 1.165) is 17.0 Å². The summed E-state index contributed by atoms with van der Waals surface area (Å²) < 4.78 is 9.83. The van der Waals surface area contributed by atoms with Gasteiger partial charge in [-0.2, -0.15) is 4.98 Å². The normalized spacial score (nSPS) is 13.2. The van der Waals surface area contributed by atoms with E-state index in [1.54, 1.807) is 21.1 Å². The van der Waals surface area contributed by atoms with Crippen LogP contribution in [0.15, 0.2) is 46.0 Å². The molecule has 27 heavy (non-hydrogen) atoms. The lowest BCUT2D eigenvalue weighted by atomic mass is 10.3. The molecule has 0 atom stereocenters. The molecule has 140 valence electrons.